The number of rotatable bonds is 7. The lowest BCUT2D eigenvalue weighted by atomic mass is 9.70. The summed E-state index contributed by atoms with van der Waals surface area (Å²) in [6, 6.07) is 11.3. The van der Waals surface area contributed by atoms with Crippen LogP contribution in [-0.4, -0.2) is 28.7 Å². The molecule has 3 aromatic rings. The highest BCUT2D eigenvalue weighted by Gasteiger charge is 2.41. The van der Waals surface area contributed by atoms with Gasteiger partial charge >= 0.3 is 5.97 Å². The molecule has 6 nitrogen and oxygen atoms in total. The van der Waals surface area contributed by atoms with Crippen molar-refractivity contribution in [1.29, 1.82) is 0 Å². The standard InChI is InChI=1S/C27H28Cl2N2O4/c1-31-19-14-21(35-2)24(29)23(28)18(19)13-20(31)25(32)30-27(11-4-12-27)17-9-7-16(8-10-17)22(26(33)34)15-5-3-6-15/h7-10,13-15,22H,3-6,11-12H2,1-2H3,(H,30,32)(H,33,34). The number of benzene rings is 2. The molecule has 2 aliphatic carbocycles. The van der Waals surface area contributed by atoms with Crippen LogP contribution in [0.4, 0.5) is 0 Å². The fourth-order valence-corrected chi connectivity index (χ4v) is 5.92. The summed E-state index contributed by atoms with van der Waals surface area (Å²) >= 11 is 12.8. The molecule has 5 rings (SSSR count). The maximum atomic E-state index is 13.5. The molecule has 184 valence electrons. The van der Waals surface area contributed by atoms with Gasteiger partial charge < -0.3 is 19.7 Å². The number of hydrogen-bond acceptors (Lipinski definition) is 3. The van der Waals surface area contributed by atoms with Crippen molar-refractivity contribution in [3.63, 3.8) is 0 Å². The zero-order valence-corrected chi connectivity index (χ0v) is 21.2. The Labute approximate surface area is 214 Å². The van der Waals surface area contributed by atoms with Crippen molar-refractivity contribution >= 4 is 46.0 Å². The summed E-state index contributed by atoms with van der Waals surface area (Å²) in [5, 5.41) is 14.4. The smallest absolute Gasteiger partial charge is 0.311 e. The highest BCUT2D eigenvalue weighted by Crippen LogP contribution is 2.44. The van der Waals surface area contributed by atoms with E-state index in [0.29, 0.717) is 26.9 Å². The first-order chi connectivity index (χ1) is 16.8. The van der Waals surface area contributed by atoms with Crippen molar-refractivity contribution in [3.8, 4) is 5.75 Å². The average Bonchev–Trinajstić information content (AvgIpc) is 3.12. The van der Waals surface area contributed by atoms with Gasteiger partial charge in [-0.1, -0.05) is 53.9 Å². The first kappa shape index (κ1) is 24.0. The number of nitrogens with one attached hydrogen (secondary N) is 1. The van der Waals surface area contributed by atoms with E-state index in [1.807, 2.05) is 31.3 Å². The lowest BCUT2D eigenvalue weighted by Crippen LogP contribution is -2.51. The number of ether oxygens (including phenoxy) is 1. The van der Waals surface area contributed by atoms with E-state index in [-0.39, 0.29) is 11.8 Å². The van der Waals surface area contributed by atoms with Crippen molar-refractivity contribution in [2.75, 3.05) is 7.11 Å². The molecule has 0 spiro atoms. The minimum Gasteiger partial charge on any atom is -0.495 e. The lowest BCUT2D eigenvalue weighted by molar-refractivity contribution is -0.141. The van der Waals surface area contributed by atoms with Crippen LogP contribution in [0, 0.1) is 5.92 Å². The maximum Gasteiger partial charge on any atom is 0.311 e. The number of carbonyl (C=O) groups excluding carboxylic acids is 1. The molecule has 2 aliphatic rings. The molecule has 35 heavy (non-hydrogen) atoms. The second-order valence-electron chi connectivity index (χ2n) is 9.75. The van der Waals surface area contributed by atoms with E-state index < -0.39 is 17.4 Å². The third-order valence-electron chi connectivity index (χ3n) is 7.92. The zero-order chi connectivity index (χ0) is 24.9. The fourth-order valence-electron chi connectivity index (χ4n) is 5.45. The third-order valence-corrected chi connectivity index (χ3v) is 8.78. The molecule has 1 aromatic heterocycles. The van der Waals surface area contributed by atoms with Crippen LogP contribution in [0.15, 0.2) is 36.4 Å². The van der Waals surface area contributed by atoms with Gasteiger partial charge in [-0.3, -0.25) is 9.59 Å². The number of carboxylic acids is 1. The summed E-state index contributed by atoms with van der Waals surface area (Å²) in [6.07, 6.45) is 5.69. The van der Waals surface area contributed by atoms with Gasteiger partial charge in [0.15, 0.2) is 0 Å². The molecule has 2 fully saturated rings. The van der Waals surface area contributed by atoms with Crippen LogP contribution in [0.25, 0.3) is 10.9 Å². The van der Waals surface area contributed by atoms with Gasteiger partial charge in [-0.25, -0.2) is 0 Å². The summed E-state index contributed by atoms with van der Waals surface area (Å²) < 4.78 is 7.12. The number of carbonyl (C=O) groups is 2. The molecule has 1 unspecified atom stereocenters. The largest absolute Gasteiger partial charge is 0.495 e. The van der Waals surface area contributed by atoms with Gasteiger partial charge in [0.05, 0.1) is 29.1 Å². The first-order valence-electron chi connectivity index (χ1n) is 11.9. The van der Waals surface area contributed by atoms with Gasteiger partial charge in [0.1, 0.15) is 16.5 Å². The average molecular weight is 515 g/mol. The van der Waals surface area contributed by atoms with Crippen LogP contribution in [0.2, 0.25) is 10.0 Å². The summed E-state index contributed by atoms with van der Waals surface area (Å²) in [4.78, 5) is 25.3. The second kappa shape index (κ2) is 9.07. The van der Waals surface area contributed by atoms with Crippen molar-refractivity contribution in [2.24, 2.45) is 13.0 Å². The Morgan fingerprint density at radius 1 is 1.11 bits per heavy atom. The monoisotopic (exact) mass is 514 g/mol. The molecular weight excluding hydrogens is 487 g/mol. The van der Waals surface area contributed by atoms with Crippen LogP contribution >= 0.6 is 23.2 Å². The van der Waals surface area contributed by atoms with Crippen molar-refractivity contribution in [3.05, 3.63) is 63.3 Å². The molecule has 1 atom stereocenters. The van der Waals surface area contributed by atoms with Crippen LogP contribution in [0.5, 0.6) is 5.75 Å². The Bertz CT molecular complexity index is 1310. The molecule has 8 heteroatoms. The van der Waals surface area contributed by atoms with Crippen LogP contribution in [0.1, 0.15) is 66.1 Å². The van der Waals surface area contributed by atoms with Crippen LogP contribution in [0.3, 0.4) is 0 Å². The summed E-state index contributed by atoms with van der Waals surface area (Å²) in [5.41, 5.74) is 2.59. The molecule has 2 N–H and O–H groups in total. The normalized spacial score (nSPS) is 17.9. The van der Waals surface area contributed by atoms with Crippen LogP contribution in [-0.2, 0) is 17.4 Å². The number of carboxylic acid groups (broad SMARTS) is 1. The lowest BCUT2D eigenvalue weighted by Gasteiger charge is -2.43. The van der Waals surface area contributed by atoms with E-state index in [1.54, 1.807) is 16.7 Å². The minimum atomic E-state index is -0.764. The van der Waals surface area contributed by atoms with E-state index in [1.165, 1.54) is 7.11 Å². The highest BCUT2D eigenvalue weighted by molar-refractivity contribution is 6.46. The number of aromatic nitrogens is 1. The quantitative estimate of drug-likeness (QED) is 0.389. The van der Waals surface area contributed by atoms with Crippen molar-refractivity contribution in [2.45, 2.75) is 50.0 Å². The molecular formula is C27H28Cl2N2O4. The fraction of sp³-hybridized carbons (Fsp3) is 0.407. The van der Waals surface area contributed by atoms with Crippen molar-refractivity contribution in [1.82, 2.24) is 9.88 Å². The zero-order valence-electron chi connectivity index (χ0n) is 19.7. The topological polar surface area (TPSA) is 80.6 Å². The molecule has 0 aliphatic heterocycles. The van der Waals surface area contributed by atoms with E-state index >= 15 is 0 Å². The van der Waals surface area contributed by atoms with Gasteiger partial charge in [0.2, 0.25) is 0 Å². The Kier molecular flexibility index (Phi) is 6.22. The molecule has 0 saturated heterocycles. The maximum absolute atomic E-state index is 13.5. The first-order valence-corrected chi connectivity index (χ1v) is 12.7. The Balaban J connectivity index is 1.42. The number of aryl methyl sites for hydroxylation is 1. The number of amides is 1. The van der Waals surface area contributed by atoms with Gasteiger partial charge in [-0.2, -0.15) is 0 Å². The molecule has 2 aromatic carbocycles. The molecule has 0 radical (unpaired) electrons. The number of nitrogens with zero attached hydrogens (tertiary/aromatic N) is 1. The molecule has 0 bridgehead atoms. The summed E-state index contributed by atoms with van der Waals surface area (Å²) in [7, 11) is 3.34. The van der Waals surface area contributed by atoms with Gasteiger partial charge in [-0.05, 0) is 55.2 Å². The highest BCUT2D eigenvalue weighted by atomic mass is 35.5. The Hall–Kier alpha value is -2.70. The second-order valence-corrected chi connectivity index (χ2v) is 10.5. The minimum absolute atomic E-state index is 0.198. The van der Waals surface area contributed by atoms with Gasteiger partial charge in [0, 0.05) is 18.5 Å². The predicted molar refractivity (Wildman–Crippen MR) is 137 cm³/mol. The van der Waals surface area contributed by atoms with E-state index in [0.717, 1.165) is 55.2 Å². The van der Waals surface area contributed by atoms with Crippen LogP contribution < -0.4 is 10.1 Å². The number of halogens is 2. The molecule has 1 heterocycles. The molecule has 2 saturated carbocycles. The number of fused-ring (bicyclic) bond motifs is 1. The number of hydrogen-bond donors (Lipinski definition) is 2. The summed E-state index contributed by atoms with van der Waals surface area (Å²) in [6.45, 7) is 0. The Morgan fingerprint density at radius 3 is 2.31 bits per heavy atom. The van der Waals surface area contributed by atoms with Gasteiger partial charge in [-0.15, -0.1) is 0 Å². The SMILES string of the molecule is COc1cc2c(cc(C(=O)NC3(c4ccc(C(C(=O)O)C5CCC5)cc4)CCC3)n2C)c(Cl)c1Cl. The van der Waals surface area contributed by atoms with Crippen molar-refractivity contribution < 1.29 is 19.4 Å². The predicted octanol–water partition coefficient (Wildman–Crippen LogP) is 6.27. The third kappa shape index (κ3) is 3.97. The Morgan fingerprint density at radius 2 is 1.80 bits per heavy atom. The molecule has 1 amide bonds. The van der Waals surface area contributed by atoms with E-state index in [4.69, 9.17) is 27.9 Å². The van der Waals surface area contributed by atoms with E-state index in [9.17, 15) is 14.7 Å². The summed E-state index contributed by atoms with van der Waals surface area (Å²) in [5.74, 6) is -0.763. The van der Waals surface area contributed by atoms with Gasteiger partial charge in [0.25, 0.3) is 5.91 Å². The number of aliphatic carboxylic acids is 1. The number of methoxy groups -OCH3 is 1. The van der Waals surface area contributed by atoms with E-state index in [2.05, 4.69) is 5.32 Å².